The first-order valence-corrected chi connectivity index (χ1v) is 11.9. The third-order valence-corrected chi connectivity index (χ3v) is 6.20. The summed E-state index contributed by atoms with van der Waals surface area (Å²) in [6.07, 6.45) is 3.72. The van der Waals surface area contributed by atoms with Gasteiger partial charge in [0.15, 0.2) is 0 Å². The molecule has 1 amide bonds. The average molecular weight is 513 g/mol. The topological polar surface area (TPSA) is 105 Å². The number of ether oxygens (including phenoxy) is 2. The van der Waals surface area contributed by atoms with Gasteiger partial charge in [0.1, 0.15) is 11.8 Å². The number of hydrogen-bond donors (Lipinski definition) is 0. The van der Waals surface area contributed by atoms with E-state index in [1.807, 2.05) is 6.07 Å². The largest absolute Gasteiger partial charge is 0.476 e. The number of nitriles is 1. The molecule has 8 nitrogen and oxygen atoms in total. The summed E-state index contributed by atoms with van der Waals surface area (Å²) in [5.41, 5.74) is -1.20. The number of amides is 1. The third-order valence-electron chi connectivity index (χ3n) is 5.66. The molecule has 1 aromatic heterocycles. The van der Waals surface area contributed by atoms with Crippen LogP contribution >= 0.6 is 23.2 Å². The van der Waals surface area contributed by atoms with Gasteiger partial charge in [-0.1, -0.05) is 35.3 Å². The molecule has 180 valence electrons. The summed E-state index contributed by atoms with van der Waals surface area (Å²) >= 11 is 12.2. The molecule has 0 spiro atoms. The summed E-state index contributed by atoms with van der Waals surface area (Å²) < 4.78 is 11.4. The Morgan fingerprint density at radius 1 is 1.09 bits per heavy atom. The molecule has 2 heterocycles. The Bertz CT molecular complexity index is 1290. The normalized spacial score (nSPS) is 15.2. The average Bonchev–Trinajstić information content (AvgIpc) is 2.88. The van der Waals surface area contributed by atoms with Gasteiger partial charge in [0.25, 0.3) is 5.91 Å². The highest BCUT2D eigenvalue weighted by Crippen LogP contribution is 2.30. The van der Waals surface area contributed by atoms with Crippen LogP contribution in [0.25, 0.3) is 11.0 Å². The minimum Gasteiger partial charge on any atom is -0.476 e. The predicted molar refractivity (Wildman–Crippen MR) is 131 cm³/mol. The lowest BCUT2D eigenvalue weighted by Gasteiger charge is -2.34. The summed E-state index contributed by atoms with van der Waals surface area (Å²) in [7, 11) is 0. The Labute approximate surface area is 212 Å². The van der Waals surface area contributed by atoms with Gasteiger partial charge in [0.05, 0.1) is 28.9 Å². The minimum atomic E-state index is -2.38. The second-order valence-electron chi connectivity index (χ2n) is 8.04. The summed E-state index contributed by atoms with van der Waals surface area (Å²) in [5.74, 6) is -1.14. The van der Waals surface area contributed by atoms with Crippen LogP contribution in [0.3, 0.4) is 0 Å². The number of nitrogens with zero attached hydrogens (tertiary/aromatic N) is 4. The monoisotopic (exact) mass is 512 g/mol. The van der Waals surface area contributed by atoms with Crippen molar-refractivity contribution in [1.82, 2.24) is 14.9 Å². The van der Waals surface area contributed by atoms with Crippen LogP contribution < -0.4 is 9.47 Å². The number of piperidine rings is 1. The SMILES string of the molecule is N#CC(Oc1ccccc1Cl)(C(=O)CCOc1cnc2cc(Cl)ccc2n1)C(=O)N1CCCCC1. The van der Waals surface area contributed by atoms with Crippen molar-refractivity contribution in [3.8, 4) is 17.7 Å². The predicted octanol–water partition coefficient (Wildman–Crippen LogP) is 4.63. The molecule has 2 aromatic carbocycles. The summed E-state index contributed by atoms with van der Waals surface area (Å²) in [6.45, 7) is 0.776. The van der Waals surface area contributed by atoms with E-state index in [1.54, 1.807) is 36.4 Å². The van der Waals surface area contributed by atoms with Crippen molar-refractivity contribution in [2.45, 2.75) is 31.3 Å². The zero-order valence-electron chi connectivity index (χ0n) is 18.7. The number of likely N-dealkylation sites (tertiary alicyclic amines) is 1. The maximum absolute atomic E-state index is 13.5. The summed E-state index contributed by atoms with van der Waals surface area (Å²) in [4.78, 5) is 36.9. The van der Waals surface area contributed by atoms with Gasteiger partial charge in [0.2, 0.25) is 11.7 Å². The number of carbonyl (C=O) groups excluding carboxylic acids is 2. The van der Waals surface area contributed by atoms with E-state index in [2.05, 4.69) is 9.97 Å². The number of halogens is 2. The molecule has 1 fully saturated rings. The fourth-order valence-corrected chi connectivity index (χ4v) is 4.17. The fraction of sp³-hybridized carbons (Fsp3) is 0.320. The number of rotatable bonds is 8. The number of benzene rings is 2. The number of Topliss-reactive ketones (excluding diaryl/α,β-unsaturated/α-hetero) is 1. The molecule has 1 unspecified atom stereocenters. The van der Waals surface area contributed by atoms with E-state index >= 15 is 0 Å². The van der Waals surface area contributed by atoms with E-state index in [1.165, 1.54) is 17.2 Å². The molecule has 1 atom stereocenters. The molecule has 0 bridgehead atoms. The smallest absolute Gasteiger partial charge is 0.330 e. The molecule has 0 N–H and O–H groups in total. The van der Waals surface area contributed by atoms with Gasteiger partial charge in [-0.2, -0.15) is 5.26 Å². The number of carbonyl (C=O) groups is 2. The van der Waals surface area contributed by atoms with Crippen LogP contribution in [0.5, 0.6) is 11.6 Å². The van der Waals surface area contributed by atoms with E-state index in [-0.39, 0.29) is 29.7 Å². The van der Waals surface area contributed by atoms with Crippen LogP contribution in [-0.2, 0) is 9.59 Å². The zero-order chi connectivity index (χ0) is 24.8. The molecule has 3 aromatic rings. The minimum absolute atomic E-state index is 0.0781. The maximum Gasteiger partial charge on any atom is 0.330 e. The third kappa shape index (κ3) is 5.47. The van der Waals surface area contributed by atoms with Gasteiger partial charge in [-0.05, 0) is 49.6 Å². The van der Waals surface area contributed by atoms with Gasteiger partial charge in [-0.3, -0.25) is 9.59 Å². The molecule has 0 aliphatic carbocycles. The molecule has 1 saturated heterocycles. The zero-order valence-corrected chi connectivity index (χ0v) is 20.3. The van der Waals surface area contributed by atoms with E-state index in [9.17, 15) is 14.9 Å². The van der Waals surface area contributed by atoms with Gasteiger partial charge < -0.3 is 14.4 Å². The fourth-order valence-electron chi connectivity index (χ4n) is 3.83. The van der Waals surface area contributed by atoms with Crippen molar-refractivity contribution >= 4 is 45.9 Å². The van der Waals surface area contributed by atoms with E-state index in [0.717, 1.165) is 19.3 Å². The summed E-state index contributed by atoms with van der Waals surface area (Å²) in [6, 6.07) is 13.3. The van der Waals surface area contributed by atoms with Crippen molar-refractivity contribution in [3.63, 3.8) is 0 Å². The number of fused-ring (bicyclic) bond motifs is 1. The first-order chi connectivity index (χ1) is 16.9. The molecule has 0 saturated carbocycles. The Balaban J connectivity index is 1.53. The highest BCUT2D eigenvalue weighted by atomic mass is 35.5. The van der Waals surface area contributed by atoms with Crippen molar-refractivity contribution < 1.29 is 19.1 Å². The first kappa shape index (κ1) is 24.7. The van der Waals surface area contributed by atoms with Crippen molar-refractivity contribution in [3.05, 3.63) is 58.7 Å². The molecular weight excluding hydrogens is 491 g/mol. The Morgan fingerprint density at radius 2 is 1.86 bits per heavy atom. The van der Waals surface area contributed by atoms with Gasteiger partial charge >= 0.3 is 5.60 Å². The van der Waals surface area contributed by atoms with E-state index in [0.29, 0.717) is 29.1 Å². The Hall–Kier alpha value is -3.41. The maximum atomic E-state index is 13.5. The lowest BCUT2D eigenvalue weighted by Crippen LogP contribution is -2.58. The second kappa shape index (κ2) is 10.9. The van der Waals surface area contributed by atoms with Crippen LogP contribution in [0.2, 0.25) is 10.0 Å². The Morgan fingerprint density at radius 3 is 2.60 bits per heavy atom. The van der Waals surface area contributed by atoms with Crippen LogP contribution in [0.15, 0.2) is 48.7 Å². The molecule has 0 radical (unpaired) electrons. The van der Waals surface area contributed by atoms with Crippen molar-refractivity contribution in [2.24, 2.45) is 0 Å². The Kier molecular flexibility index (Phi) is 7.69. The van der Waals surface area contributed by atoms with Gasteiger partial charge in [0, 0.05) is 24.5 Å². The lowest BCUT2D eigenvalue weighted by atomic mass is 9.94. The van der Waals surface area contributed by atoms with Crippen LogP contribution in [0.1, 0.15) is 25.7 Å². The highest BCUT2D eigenvalue weighted by molar-refractivity contribution is 6.32. The molecule has 1 aliphatic rings. The van der Waals surface area contributed by atoms with E-state index in [4.69, 9.17) is 32.7 Å². The standard InChI is InChI=1S/C25H22Cl2N4O4/c26-17-8-9-19-20(14-17)29-15-23(30-19)34-13-10-22(32)25(16-28,24(33)31-11-4-1-5-12-31)35-21-7-3-2-6-18(21)27/h2-3,6-9,14-15H,1,4-5,10-13H2. The van der Waals surface area contributed by atoms with Gasteiger partial charge in [-0.15, -0.1) is 0 Å². The number of aromatic nitrogens is 2. The molecule has 10 heteroatoms. The number of para-hydroxylation sites is 1. The first-order valence-electron chi connectivity index (χ1n) is 11.2. The van der Waals surface area contributed by atoms with Crippen molar-refractivity contribution in [1.29, 1.82) is 5.26 Å². The number of hydrogen-bond acceptors (Lipinski definition) is 7. The van der Waals surface area contributed by atoms with Crippen LogP contribution in [0.4, 0.5) is 0 Å². The van der Waals surface area contributed by atoms with Gasteiger partial charge in [-0.25, -0.2) is 9.97 Å². The molecular formula is C25H22Cl2N4O4. The summed E-state index contributed by atoms with van der Waals surface area (Å²) in [5, 5.41) is 10.8. The highest BCUT2D eigenvalue weighted by Gasteiger charge is 2.51. The van der Waals surface area contributed by atoms with Crippen LogP contribution in [0, 0.1) is 11.3 Å². The quantitative estimate of drug-likeness (QED) is 0.405. The molecule has 4 rings (SSSR count). The molecule has 1 aliphatic heterocycles. The lowest BCUT2D eigenvalue weighted by molar-refractivity contribution is -0.152. The van der Waals surface area contributed by atoms with E-state index < -0.39 is 17.3 Å². The molecule has 35 heavy (non-hydrogen) atoms. The van der Waals surface area contributed by atoms with Crippen LogP contribution in [-0.4, -0.2) is 51.9 Å². The second-order valence-corrected chi connectivity index (χ2v) is 8.88. The van der Waals surface area contributed by atoms with Crippen molar-refractivity contribution in [2.75, 3.05) is 19.7 Å². The number of ketones is 1.